The zero-order valence-corrected chi connectivity index (χ0v) is 15.1. The number of unbranched alkanes of at least 4 members (excludes halogenated alkanes) is 1. The number of rotatable bonds is 4. The molecule has 0 amide bonds. The fraction of sp³-hybridized carbons (Fsp3) is 0.947. The summed E-state index contributed by atoms with van der Waals surface area (Å²) in [6, 6.07) is 0. The third kappa shape index (κ3) is 2.20. The Balaban J connectivity index is 1.74. The van der Waals surface area contributed by atoms with Crippen LogP contribution in [0.15, 0.2) is 0 Å². The number of hydrogen-bond donors (Lipinski definition) is 0. The van der Waals surface area contributed by atoms with Crippen LogP contribution >= 0.6 is 0 Å². The average Bonchev–Trinajstić information content (AvgIpc) is 2.84. The van der Waals surface area contributed by atoms with Gasteiger partial charge in [0, 0.05) is 24.7 Å². The van der Waals surface area contributed by atoms with Gasteiger partial charge in [0.2, 0.25) is 12.1 Å². The van der Waals surface area contributed by atoms with Gasteiger partial charge in [-0.2, -0.15) is 0 Å². The van der Waals surface area contributed by atoms with E-state index >= 15 is 0 Å². The first kappa shape index (κ1) is 16.8. The molecule has 5 rings (SSSR count). The summed E-state index contributed by atoms with van der Waals surface area (Å²) in [6.45, 7) is 6.49. The number of ether oxygens (including phenoxy) is 2. The first-order valence-electron chi connectivity index (χ1n) is 9.81. The molecule has 4 saturated heterocycles. The number of carbonyl (C=O) groups excluding carboxylic acids is 1. The summed E-state index contributed by atoms with van der Waals surface area (Å²) in [4.78, 5) is 24.8. The molecule has 1 aliphatic carbocycles. The van der Waals surface area contributed by atoms with Crippen molar-refractivity contribution >= 4 is 5.97 Å². The maximum Gasteiger partial charge on any atom is 0.311 e. The molecule has 1 spiro atoms. The summed E-state index contributed by atoms with van der Waals surface area (Å²) in [5.41, 5.74) is -0.612. The van der Waals surface area contributed by atoms with Gasteiger partial charge in [-0.25, -0.2) is 9.78 Å². The minimum Gasteiger partial charge on any atom is -0.432 e. The van der Waals surface area contributed by atoms with Crippen LogP contribution in [0.25, 0.3) is 0 Å². The van der Waals surface area contributed by atoms with Crippen LogP contribution in [0.5, 0.6) is 0 Å². The SMILES string of the molecule is CCCC[C@H]1C(=O)O[C@@H]2O[C@@]3(CC)CCC4[C@H](C)CC[C@@H]1[C@]42OO3. The summed E-state index contributed by atoms with van der Waals surface area (Å²) >= 11 is 0. The van der Waals surface area contributed by atoms with Crippen LogP contribution < -0.4 is 0 Å². The van der Waals surface area contributed by atoms with Gasteiger partial charge in [-0.1, -0.05) is 33.6 Å². The van der Waals surface area contributed by atoms with Crippen molar-refractivity contribution in [1.29, 1.82) is 0 Å². The summed E-state index contributed by atoms with van der Waals surface area (Å²) in [6.07, 6.45) is 7.03. The molecular weight excluding hydrogens is 308 g/mol. The molecule has 1 saturated carbocycles. The lowest BCUT2D eigenvalue weighted by Crippen LogP contribution is -2.70. The maximum atomic E-state index is 12.7. The van der Waals surface area contributed by atoms with E-state index in [1.54, 1.807) is 0 Å². The lowest BCUT2D eigenvalue weighted by Gasteiger charge is -2.58. The Labute approximate surface area is 144 Å². The molecule has 4 aliphatic heterocycles. The highest BCUT2D eigenvalue weighted by molar-refractivity contribution is 5.74. The van der Waals surface area contributed by atoms with Crippen LogP contribution in [0.4, 0.5) is 0 Å². The Hall–Kier alpha value is -0.650. The first-order chi connectivity index (χ1) is 11.6. The summed E-state index contributed by atoms with van der Waals surface area (Å²) in [7, 11) is 0. The van der Waals surface area contributed by atoms with Gasteiger partial charge in [0.25, 0.3) is 0 Å². The fourth-order valence-corrected chi connectivity index (χ4v) is 5.59. The Morgan fingerprint density at radius 2 is 1.96 bits per heavy atom. The Kier molecular flexibility index (Phi) is 4.17. The third-order valence-corrected chi connectivity index (χ3v) is 7.06. The molecule has 0 radical (unpaired) electrons. The second-order valence-corrected chi connectivity index (χ2v) is 8.23. The molecule has 5 heteroatoms. The fourth-order valence-electron chi connectivity index (χ4n) is 5.59. The molecule has 0 aromatic rings. The summed E-state index contributed by atoms with van der Waals surface area (Å²) in [5.74, 6) is 0.0632. The van der Waals surface area contributed by atoms with Gasteiger partial charge in [-0.05, 0) is 31.6 Å². The molecule has 7 atom stereocenters. The van der Waals surface area contributed by atoms with Crippen LogP contribution in [0, 0.1) is 23.7 Å². The average molecular weight is 338 g/mol. The quantitative estimate of drug-likeness (QED) is 0.574. The van der Waals surface area contributed by atoms with Gasteiger partial charge in [0.1, 0.15) is 0 Å². The standard InChI is InChI=1S/C19H30O5/c1-4-6-7-13-15-9-8-12(3)14-10-11-18(5-2)22-17(21-16(13)20)19(14,15)24-23-18/h12-15,17H,4-11H2,1-3H3/t12-,13-,14?,15+,17-,18-,19-/m1/s1. The third-order valence-electron chi connectivity index (χ3n) is 7.06. The molecule has 0 aromatic heterocycles. The maximum absolute atomic E-state index is 12.7. The predicted octanol–water partition coefficient (Wildman–Crippen LogP) is 3.96. The Morgan fingerprint density at radius 1 is 1.12 bits per heavy atom. The summed E-state index contributed by atoms with van der Waals surface area (Å²) < 4.78 is 12.1. The minimum absolute atomic E-state index is 0.0874. The van der Waals surface area contributed by atoms with Gasteiger partial charge in [0.05, 0.1) is 5.92 Å². The van der Waals surface area contributed by atoms with Crippen molar-refractivity contribution in [3.8, 4) is 0 Å². The van der Waals surface area contributed by atoms with E-state index in [-0.39, 0.29) is 17.8 Å². The van der Waals surface area contributed by atoms with E-state index < -0.39 is 17.7 Å². The molecule has 2 bridgehead atoms. The lowest BCUT2D eigenvalue weighted by molar-refractivity contribution is -0.563. The van der Waals surface area contributed by atoms with E-state index in [4.69, 9.17) is 19.2 Å². The van der Waals surface area contributed by atoms with Crippen LogP contribution in [-0.4, -0.2) is 23.6 Å². The van der Waals surface area contributed by atoms with E-state index in [9.17, 15) is 4.79 Å². The number of hydrogen-bond acceptors (Lipinski definition) is 5. The molecular formula is C19H30O5. The van der Waals surface area contributed by atoms with Gasteiger partial charge < -0.3 is 9.47 Å². The highest BCUT2D eigenvalue weighted by atomic mass is 17.3. The van der Waals surface area contributed by atoms with E-state index in [1.165, 1.54) is 0 Å². The molecule has 5 aliphatic rings. The molecule has 0 N–H and O–H groups in total. The van der Waals surface area contributed by atoms with Gasteiger partial charge >= 0.3 is 5.97 Å². The molecule has 5 fully saturated rings. The Bertz CT molecular complexity index is 508. The van der Waals surface area contributed by atoms with Crippen LogP contribution in [-0.2, 0) is 24.0 Å². The van der Waals surface area contributed by atoms with Crippen LogP contribution in [0.2, 0.25) is 0 Å². The van der Waals surface area contributed by atoms with E-state index in [2.05, 4.69) is 13.8 Å². The van der Waals surface area contributed by atoms with Crippen molar-refractivity contribution in [3.63, 3.8) is 0 Å². The second kappa shape index (κ2) is 5.96. The number of fused-ring (bicyclic) bond motifs is 2. The topological polar surface area (TPSA) is 54.0 Å². The predicted molar refractivity (Wildman–Crippen MR) is 86.5 cm³/mol. The zero-order chi connectivity index (χ0) is 16.9. The smallest absolute Gasteiger partial charge is 0.311 e. The number of esters is 1. The molecule has 0 aromatic carbocycles. The summed E-state index contributed by atoms with van der Waals surface area (Å²) in [5, 5.41) is 0. The number of carbonyl (C=O) groups is 1. The lowest BCUT2D eigenvalue weighted by atomic mass is 9.57. The van der Waals surface area contributed by atoms with Crippen LogP contribution in [0.3, 0.4) is 0 Å². The van der Waals surface area contributed by atoms with E-state index in [1.807, 2.05) is 6.92 Å². The van der Waals surface area contributed by atoms with Crippen molar-refractivity contribution in [3.05, 3.63) is 0 Å². The minimum atomic E-state index is -0.756. The zero-order valence-electron chi connectivity index (χ0n) is 15.1. The molecule has 24 heavy (non-hydrogen) atoms. The van der Waals surface area contributed by atoms with E-state index in [0.29, 0.717) is 18.3 Å². The van der Waals surface area contributed by atoms with Crippen molar-refractivity contribution in [1.82, 2.24) is 0 Å². The van der Waals surface area contributed by atoms with Crippen molar-refractivity contribution in [2.45, 2.75) is 89.8 Å². The van der Waals surface area contributed by atoms with Crippen molar-refractivity contribution in [2.24, 2.45) is 23.7 Å². The molecule has 136 valence electrons. The molecule has 4 heterocycles. The van der Waals surface area contributed by atoms with Crippen LogP contribution in [0.1, 0.15) is 72.1 Å². The normalized spacial score (nSPS) is 50.1. The van der Waals surface area contributed by atoms with Gasteiger partial charge in [0.15, 0.2) is 5.60 Å². The van der Waals surface area contributed by atoms with Gasteiger partial charge in [-0.15, -0.1) is 0 Å². The first-order valence-corrected chi connectivity index (χ1v) is 9.81. The van der Waals surface area contributed by atoms with Gasteiger partial charge in [-0.3, -0.25) is 4.79 Å². The van der Waals surface area contributed by atoms with E-state index in [0.717, 1.165) is 44.9 Å². The second-order valence-electron chi connectivity index (χ2n) is 8.23. The van der Waals surface area contributed by atoms with Crippen molar-refractivity contribution in [2.75, 3.05) is 0 Å². The monoisotopic (exact) mass is 338 g/mol. The highest BCUT2D eigenvalue weighted by Gasteiger charge is 2.70. The Morgan fingerprint density at radius 3 is 2.71 bits per heavy atom. The highest BCUT2D eigenvalue weighted by Crippen LogP contribution is 2.60. The van der Waals surface area contributed by atoms with Crippen molar-refractivity contribution < 1.29 is 24.0 Å². The largest absolute Gasteiger partial charge is 0.432 e. The molecule has 1 unspecified atom stereocenters. The molecule has 5 nitrogen and oxygen atoms in total.